The number of carbonyl (C=O) groups is 3. The Balaban J connectivity index is 2.37. The van der Waals surface area contributed by atoms with Gasteiger partial charge in [-0.2, -0.15) is 0 Å². The van der Waals surface area contributed by atoms with Crippen molar-refractivity contribution in [2.75, 3.05) is 0 Å². The summed E-state index contributed by atoms with van der Waals surface area (Å²) in [5.74, 6) is -3.28. The fraction of sp³-hybridized carbons (Fsp3) is 0.480. The van der Waals surface area contributed by atoms with Crippen molar-refractivity contribution in [3.8, 4) is 11.5 Å². The van der Waals surface area contributed by atoms with Crippen molar-refractivity contribution in [3.63, 3.8) is 0 Å². The summed E-state index contributed by atoms with van der Waals surface area (Å²) >= 11 is 0. The molecule has 2 aliphatic carbocycles. The number of allylic oxidation sites excluding steroid dienone is 4. The van der Waals surface area contributed by atoms with Crippen molar-refractivity contribution in [2.24, 2.45) is 17.3 Å². The molecule has 0 radical (unpaired) electrons. The zero-order valence-electron chi connectivity index (χ0n) is 18.5. The lowest BCUT2D eigenvalue weighted by molar-refractivity contribution is -0.271. The molecule has 1 aromatic carbocycles. The largest absolute Gasteiger partial charge is 0.870 e. The number of Topliss-reactive ketones (excluding diaryl/α,β-unsaturated/α-hetero) is 2. The number of hydrogen-bond donors (Lipinski definition) is 1. The van der Waals surface area contributed by atoms with Gasteiger partial charge in [0, 0.05) is 22.5 Å². The summed E-state index contributed by atoms with van der Waals surface area (Å²) in [6.45, 7) is 11.3. The van der Waals surface area contributed by atoms with Gasteiger partial charge in [-0.1, -0.05) is 49.8 Å². The maximum absolute atomic E-state index is 14.0. The van der Waals surface area contributed by atoms with Crippen molar-refractivity contribution < 1.29 is 24.6 Å². The van der Waals surface area contributed by atoms with E-state index >= 15 is 0 Å². The van der Waals surface area contributed by atoms with E-state index in [0.717, 1.165) is 11.1 Å². The molecule has 0 saturated heterocycles. The first kappa shape index (κ1) is 22.0. The summed E-state index contributed by atoms with van der Waals surface area (Å²) in [7, 11) is 0. The van der Waals surface area contributed by atoms with Gasteiger partial charge in [-0.3, -0.25) is 14.4 Å². The van der Waals surface area contributed by atoms with Crippen molar-refractivity contribution in [3.05, 3.63) is 45.6 Å². The number of hydrogen-bond acceptors (Lipinski definition) is 5. The Labute approximate surface area is 177 Å². The van der Waals surface area contributed by atoms with Crippen molar-refractivity contribution >= 4 is 17.9 Å². The molecule has 5 nitrogen and oxygen atoms in total. The lowest BCUT2D eigenvalue weighted by Crippen LogP contribution is -2.52. The molecule has 3 unspecified atom stereocenters. The molecule has 1 aromatic rings. The molecule has 0 aromatic heterocycles. The quantitative estimate of drug-likeness (QED) is 0.573. The first-order valence-corrected chi connectivity index (χ1v) is 10.4. The Kier molecular flexibility index (Phi) is 5.52. The third-order valence-electron chi connectivity index (χ3n) is 6.91. The molecule has 0 bridgehead atoms. The highest BCUT2D eigenvalue weighted by Gasteiger charge is 2.57. The van der Waals surface area contributed by atoms with E-state index in [1.807, 2.05) is 33.8 Å². The van der Waals surface area contributed by atoms with E-state index in [-0.39, 0.29) is 45.7 Å². The molecular formula is C25H29O5-. The van der Waals surface area contributed by atoms with Crippen LogP contribution in [0, 0.1) is 17.3 Å². The standard InChI is InChI=1S/C25H30O5/c1-12(2)7-9-16-14(5)8-10-17-22(28)19-15(11-26)21(27)23(29)18(13(3)4)20(19)24(30)25(16,17)6/h7-8,11,13,16-17,27,29H,9-10H2,1-6H3/p-1. The molecule has 30 heavy (non-hydrogen) atoms. The lowest BCUT2D eigenvalue weighted by Gasteiger charge is -2.49. The van der Waals surface area contributed by atoms with Gasteiger partial charge in [-0.25, -0.2) is 0 Å². The van der Waals surface area contributed by atoms with Gasteiger partial charge in [0.1, 0.15) is 5.75 Å². The highest BCUT2D eigenvalue weighted by atomic mass is 16.3. The Morgan fingerprint density at radius 1 is 1.30 bits per heavy atom. The van der Waals surface area contributed by atoms with Gasteiger partial charge < -0.3 is 10.2 Å². The molecule has 2 aliphatic rings. The highest BCUT2D eigenvalue weighted by molar-refractivity contribution is 6.22. The molecule has 0 aliphatic heterocycles. The molecule has 0 amide bonds. The molecule has 1 N–H and O–H groups in total. The van der Waals surface area contributed by atoms with E-state index in [1.54, 1.807) is 13.8 Å². The van der Waals surface area contributed by atoms with E-state index < -0.39 is 22.8 Å². The van der Waals surface area contributed by atoms with Crippen LogP contribution < -0.4 is 5.11 Å². The third kappa shape index (κ3) is 2.94. The summed E-state index contributed by atoms with van der Waals surface area (Å²) in [6, 6.07) is 0. The van der Waals surface area contributed by atoms with Crippen LogP contribution in [-0.4, -0.2) is 23.0 Å². The Morgan fingerprint density at radius 2 is 1.93 bits per heavy atom. The summed E-state index contributed by atoms with van der Waals surface area (Å²) in [4.78, 5) is 39.4. The summed E-state index contributed by atoms with van der Waals surface area (Å²) in [6.07, 6.45) is 5.40. The fourth-order valence-electron chi connectivity index (χ4n) is 5.24. The minimum Gasteiger partial charge on any atom is -0.870 e. The monoisotopic (exact) mass is 409 g/mol. The minimum absolute atomic E-state index is 0.0375. The predicted octanol–water partition coefficient (Wildman–Crippen LogP) is 4.73. The van der Waals surface area contributed by atoms with Crippen LogP contribution in [0.2, 0.25) is 0 Å². The van der Waals surface area contributed by atoms with Gasteiger partial charge in [0.15, 0.2) is 17.9 Å². The smallest absolute Gasteiger partial charge is 0.171 e. The molecule has 3 rings (SSSR count). The van der Waals surface area contributed by atoms with Crippen LogP contribution in [0.3, 0.4) is 0 Å². The molecular weight excluding hydrogens is 380 g/mol. The second-order valence-electron chi connectivity index (χ2n) is 9.31. The van der Waals surface area contributed by atoms with Gasteiger partial charge in [0.25, 0.3) is 0 Å². The molecule has 0 fully saturated rings. The van der Waals surface area contributed by atoms with Crippen molar-refractivity contribution in [2.45, 2.75) is 60.3 Å². The molecule has 160 valence electrons. The Hall–Kier alpha value is -2.69. The van der Waals surface area contributed by atoms with Crippen LogP contribution in [0.25, 0.3) is 0 Å². The molecule has 0 saturated carbocycles. The number of benzene rings is 1. The SMILES string of the molecule is CC(C)=CCC1C(C)=CCC2C(=O)c3c(C=O)c(O)c([O-])c(C(C)C)c3C(=O)C21C. The van der Waals surface area contributed by atoms with Crippen LogP contribution in [-0.2, 0) is 0 Å². The van der Waals surface area contributed by atoms with E-state index in [9.17, 15) is 24.6 Å². The Morgan fingerprint density at radius 3 is 2.47 bits per heavy atom. The van der Waals surface area contributed by atoms with Gasteiger partial charge in [-0.05, 0) is 51.0 Å². The first-order valence-electron chi connectivity index (χ1n) is 10.4. The highest BCUT2D eigenvalue weighted by Crippen LogP contribution is 2.56. The van der Waals surface area contributed by atoms with Crippen LogP contribution in [0.15, 0.2) is 23.3 Å². The number of phenolic OH excluding ortho intramolecular Hbond substituents is 1. The van der Waals surface area contributed by atoms with Crippen molar-refractivity contribution in [1.82, 2.24) is 0 Å². The number of carbonyl (C=O) groups excluding carboxylic acids is 3. The van der Waals surface area contributed by atoms with Crippen LogP contribution in [0.4, 0.5) is 0 Å². The zero-order valence-corrected chi connectivity index (χ0v) is 18.5. The van der Waals surface area contributed by atoms with Gasteiger partial charge in [0.05, 0.1) is 5.56 Å². The zero-order chi connectivity index (χ0) is 22.5. The maximum atomic E-state index is 14.0. The van der Waals surface area contributed by atoms with E-state index in [0.29, 0.717) is 19.1 Å². The van der Waals surface area contributed by atoms with Crippen molar-refractivity contribution in [1.29, 1.82) is 0 Å². The van der Waals surface area contributed by atoms with E-state index in [2.05, 4.69) is 6.08 Å². The van der Waals surface area contributed by atoms with Crippen LogP contribution in [0.5, 0.6) is 11.5 Å². The number of fused-ring (bicyclic) bond motifs is 2. The average Bonchev–Trinajstić information content (AvgIpc) is 2.66. The van der Waals surface area contributed by atoms with Crippen LogP contribution >= 0.6 is 0 Å². The van der Waals surface area contributed by atoms with Gasteiger partial charge in [-0.15, -0.1) is 0 Å². The first-order chi connectivity index (χ1) is 14.0. The number of aromatic hydroxyl groups is 1. The fourth-order valence-corrected chi connectivity index (χ4v) is 5.24. The number of aldehydes is 1. The second-order valence-corrected chi connectivity index (χ2v) is 9.31. The summed E-state index contributed by atoms with van der Waals surface area (Å²) < 4.78 is 0. The summed E-state index contributed by atoms with van der Waals surface area (Å²) in [5, 5.41) is 23.2. The number of phenols is 1. The number of ketones is 2. The predicted molar refractivity (Wildman–Crippen MR) is 113 cm³/mol. The molecule has 0 heterocycles. The molecule has 0 spiro atoms. The summed E-state index contributed by atoms with van der Waals surface area (Å²) in [5.41, 5.74) is 0.899. The topological polar surface area (TPSA) is 94.5 Å². The Bertz CT molecular complexity index is 1010. The maximum Gasteiger partial charge on any atom is 0.171 e. The van der Waals surface area contributed by atoms with Crippen LogP contribution in [0.1, 0.15) is 96.9 Å². The minimum atomic E-state index is -1.01. The van der Waals surface area contributed by atoms with Gasteiger partial charge >= 0.3 is 0 Å². The molecule has 3 atom stereocenters. The van der Waals surface area contributed by atoms with E-state index in [4.69, 9.17) is 0 Å². The van der Waals surface area contributed by atoms with E-state index in [1.165, 1.54) is 0 Å². The second kappa shape index (κ2) is 7.53. The molecule has 5 heteroatoms. The number of rotatable bonds is 4. The lowest BCUT2D eigenvalue weighted by atomic mass is 9.52. The van der Waals surface area contributed by atoms with Gasteiger partial charge in [0.2, 0.25) is 0 Å². The third-order valence-corrected chi connectivity index (χ3v) is 6.91. The normalized spacial score (nSPS) is 25.5. The average molecular weight is 410 g/mol.